The van der Waals surface area contributed by atoms with Crippen LogP contribution < -0.4 is 0 Å². The van der Waals surface area contributed by atoms with E-state index in [1.54, 1.807) is 6.92 Å². The van der Waals surface area contributed by atoms with Gasteiger partial charge in [0, 0.05) is 19.6 Å². The number of aliphatic hydroxyl groups is 2. The van der Waals surface area contributed by atoms with Gasteiger partial charge in [-0.25, -0.2) is 0 Å². The molecule has 0 fully saturated rings. The third-order valence-corrected chi connectivity index (χ3v) is 1.88. The number of carbonyl (C=O) groups excluding carboxylic acids is 1. The third kappa shape index (κ3) is 6.31. The molecule has 0 aliphatic heterocycles. The Labute approximate surface area is 73.4 Å². The van der Waals surface area contributed by atoms with E-state index in [2.05, 4.69) is 0 Å². The monoisotopic (exact) mass is 174 g/mol. The minimum atomic E-state index is 0.128. The van der Waals surface area contributed by atoms with Crippen LogP contribution in [0.25, 0.3) is 0 Å². The van der Waals surface area contributed by atoms with Crippen molar-refractivity contribution < 1.29 is 15.0 Å². The van der Waals surface area contributed by atoms with E-state index in [1.165, 1.54) is 0 Å². The Kier molecular flexibility index (Phi) is 7.00. The van der Waals surface area contributed by atoms with Gasteiger partial charge in [-0.2, -0.15) is 0 Å². The molecule has 1 atom stereocenters. The second kappa shape index (κ2) is 7.25. The Bertz CT molecular complexity index is 123. The van der Waals surface area contributed by atoms with E-state index >= 15 is 0 Å². The van der Waals surface area contributed by atoms with Gasteiger partial charge in [-0.1, -0.05) is 0 Å². The molecule has 0 radical (unpaired) electrons. The maximum atomic E-state index is 10.7. The molecular weight excluding hydrogens is 156 g/mol. The van der Waals surface area contributed by atoms with Crippen LogP contribution in [0.4, 0.5) is 0 Å². The number of ketones is 1. The van der Waals surface area contributed by atoms with E-state index in [4.69, 9.17) is 10.2 Å². The van der Waals surface area contributed by atoms with Crippen molar-refractivity contribution in [2.24, 2.45) is 5.92 Å². The number of Topliss-reactive ketones (excluding diaryl/α,β-unsaturated/α-hetero) is 1. The SMILES string of the molecule is CC(=O)CC(CCO)CCCO. The fourth-order valence-electron chi connectivity index (χ4n) is 1.32. The molecule has 0 bridgehead atoms. The maximum absolute atomic E-state index is 10.7. The number of carbonyl (C=O) groups is 1. The summed E-state index contributed by atoms with van der Waals surface area (Å²) in [6.45, 7) is 1.85. The Morgan fingerprint density at radius 2 is 1.92 bits per heavy atom. The second-order valence-corrected chi connectivity index (χ2v) is 3.15. The zero-order valence-corrected chi connectivity index (χ0v) is 7.62. The van der Waals surface area contributed by atoms with Gasteiger partial charge in [0.2, 0.25) is 0 Å². The van der Waals surface area contributed by atoms with Crippen LogP contribution in [-0.4, -0.2) is 29.2 Å². The topological polar surface area (TPSA) is 57.5 Å². The second-order valence-electron chi connectivity index (χ2n) is 3.15. The van der Waals surface area contributed by atoms with Gasteiger partial charge >= 0.3 is 0 Å². The van der Waals surface area contributed by atoms with Crippen molar-refractivity contribution in [1.82, 2.24) is 0 Å². The van der Waals surface area contributed by atoms with Crippen LogP contribution in [-0.2, 0) is 4.79 Å². The van der Waals surface area contributed by atoms with E-state index in [0.29, 0.717) is 12.8 Å². The van der Waals surface area contributed by atoms with Crippen LogP contribution in [0.2, 0.25) is 0 Å². The first-order valence-electron chi connectivity index (χ1n) is 4.41. The lowest BCUT2D eigenvalue weighted by molar-refractivity contribution is -0.118. The number of hydrogen-bond donors (Lipinski definition) is 2. The van der Waals surface area contributed by atoms with E-state index < -0.39 is 0 Å². The summed E-state index contributed by atoms with van der Waals surface area (Å²) in [7, 11) is 0. The zero-order chi connectivity index (χ0) is 9.40. The molecule has 0 saturated heterocycles. The molecule has 0 amide bonds. The predicted octanol–water partition coefficient (Wildman–Crippen LogP) is 0.737. The van der Waals surface area contributed by atoms with Gasteiger partial charge in [-0.3, -0.25) is 0 Å². The molecule has 0 aliphatic carbocycles. The lowest BCUT2D eigenvalue weighted by atomic mass is 9.94. The first-order chi connectivity index (χ1) is 5.70. The number of aliphatic hydroxyl groups excluding tert-OH is 2. The molecule has 3 heteroatoms. The molecule has 3 nitrogen and oxygen atoms in total. The lowest BCUT2D eigenvalue weighted by Gasteiger charge is -2.12. The van der Waals surface area contributed by atoms with Gasteiger partial charge in [-0.05, 0) is 32.1 Å². The molecule has 0 aromatic heterocycles. The summed E-state index contributed by atoms with van der Waals surface area (Å²) in [4.78, 5) is 10.7. The summed E-state index contributed by atoms with van der Waals surface area (Å²) in [5, 5.41) is 17.2. The highest BCUT2D eigenvalue weighted by Gasteiger charge is 2.09. The molecule has 2 N–H and O–H groups in total. The molecule has 0 aliphatic rings. The van der Waals surface area contributed by atoms with Crippen LogP contribution >= 0.6 is 0 Å². The highest BCUT2D eigenvalue weighted by molar-refractivity contribution is 5.75. The molecule has 0 spiro atoms. The van der Waals surface area contributed by atoms with Crippen molar-refractivity contribution in [1.29, 1.82) is 0 Å². The molecule has 0 saturated carbocycles. The van der Waals surface area contributed by atoms with Crippen molar-refractivity contribution >= 4 is 5.78 Å². The van der Waals surface area contributed by atoms with Crippen LogP contribution in [0.3, 0.4) is 0 Å². The van der Waals surface area contributed by atoms with Crippen LogP contribution in [0.1, 0.15) is 32.6 Å². The molecule has 0 aromatic carbocycles. The number of hydrogen-bond acceptors (Lipinski definition) is 3. The molecule has 12 heavy (non-hydrogen) atoms. The van der Waals surface area contributed by atoms with Crippen molar-refractivity contribution in [3.63, 3.8) is 0 Å². The molecule has 72 valence electrons. The van der Waals surface area contributed by atoms with Gasteiger partial charge in [0.15, 0.2) is 0 Å². The first kappa shape index (κ1) is 11.6. The summed E-state index contributed by atoms with van der Waals surface area (Å²) in [6, 6.07) is 0. The zero-order valence-electron chi connectivity index (χ0n) is 7.62. The smallest absolute Gasteiger partial charge is 0.130 e. The minimum absolute atomic E-state index is 0.128. The summed E-state index contributed by atoms with van der Waals surface area (Å²) in [6.07, 6.45) is 2.74. The quantitative estimate of drug-likeness (QED) is 0.598. The van der Waals surface area contributed by atoms with E-state index in [9.17, 15) is 4.79 Å². The standard InChI is InChI=1S/C9H18O3/c1-8(12)7-9(4-6-11)3-2-5-10/h9-11H,2-7H2,1H3. The number of rotatable bonds is 7. The Morgan fingerprint density at radius 3 is 2.33 bits per heavy atom. The fourth-order valence-corrected chi connectivity index (χ4v) is 1.32. The van der Waals surface area contributed by atoms with Gasteiger partial charge in [0.1, 0.15) is 5.78 Å². The molecule has 0 rings (SSSR count). The highest BCUT2D eigenvalue weighted by atomic mass is 16.3. The minimum Gasteiger partial charge on any atom is -0.396 e. The van der Waals surface area contributed by atoms with Crippen LogP contribution in [0.15, 0.2) is 0 Å². The van der Waals surface area contributed by atoms with Crippen LogP contribution in [0.5, 0.6) is 0 Å². The molecule has 1 unspecified atom stereocenters. The Balaban J connectivity index is 3.61. The fraction of sp³-hybridized carbons (Fsp3) is 0.889. The molecule has 0 heterocycles. The average Bonchev–Trinajstić information content (AvgIpc) is 2.00. The summed E-state index contributed by atoms with van der Waals surface area (Å²) >= 11 is 0. The van der Waals surface area contributed by atoms with Gasteiger partial charge < -0.3 is 15.0 Å². The van der Waals surface area contributed by atoms with Gasteiger partial charge in [-0.15, -0.1) is 0 Å². The largest absolute Gasteiger partial charge is 0.396 e. The van der Waals surface area contributed by atoms with E-state index in [1.807, 2.05) is 0 Å². The maximum Gasteiger partial charge on any atom is 0.130 e. The van der Waals surface area contributed by atoms with Gasteiger partial charge in [0.25, 0.3) is 0 Å². The lowest BCUT2D eigenvalue weighted by Crippen LogP contribution is -2.08. The predicted molar refractivity (Wildman–Crippen MR) is 46.8 cm³/mol. The van der Waals surface area contributed by atoms with Crippen molar-refractivity contribution in [3.05, 3.63) is 0 Å². The Hall–Kier alpha value is -0.410. The van der Waals surface area contributed by atoms with E-state index in [0.717, 1.165) is 12.8 Å². The first-order valence-corrected chi connectivity index (χ1v) is 4.41. The van der Waals surface area contributed by atoms with Crippen molar-refractivity contribution in [2.45, 2.75) is 32.6 Å². The summed E-state index contributed by atoms with van der Waals surface area (Å²) < 4.78 is 0. The van der Waals surface area contributed by atoms with Crippen molar-refractivity contribution in [2.75, 3.05) is 13.2 Å². The summed E-state index contributed by atoms with van der Waals surface area (Å²) in [5.74, 6) is 0.408. The van der Waals surface area contributed by atoms with Crippen molar-refractivity contribution in [3.8, 4) is 0 Å². The van der Waals surface area contributed by atoms with Crippen LogP contribution in [0, 0.1) is 5.92 Å². The normalized spacial score (nSPS) is 12.9. The third-order valence-electron chi connectivity index (χ3n) is 1.88. The Morgan fingerprint density at radius 1 is 1.25 bits per heavy atom. The molecular formula is C9H18O3. The highest BCUT2D eigenvalue weighted by Crippen LogP contribution is 2.15. The van der Waals surface area contributed by atoms with Gasteiger partial charge in [0.05, 0.1) is 0 Å². The van der Waals surface area contributed by atoms with E-state index in [-0.39, 0.29) is 24.9 Å². The molecule has 0 aromatic rings. The summed E-state index contributed by atoms with van der Waals surface area (Å²) in [5.41, 5.74) is 0. The average molecular weight is 174 g/mol.